The van der Waals surface area contributed by atoms with E-state index in [2.05, 4.69) is 5.32 Å². The largest absolute Gasteiger partial charge is 0.340 e. The van der Waals surface area contributed by atoms with Crippen molar-refractivity contribution in [3.05, 3.63) is 57.8 Å². The first-order valence-electron chi connectivity index (χ1n) is 8.07. The van der Waals surface area contributed by atoms with Crippen molar-refractivity contribution in [2.45, 2.75) is 19.0 Å². The van der Waals surface area contributed by atoms with Gasteiger partial charge >= 0.3 is 6.03 Å². The van der Waals surface area contributed by atoms with Gasteiger partial charge in [-0.2, -0.15) is 11.3 Å². The Kier molecular flexibility index (Phi) is 4.97. The van der Waals surface area contributed by atoms with Crippen molar-refractivity contribution in [2.24, 2.45) is 0 Å². The Hall–Kier alpha value is -2.81. The summed E-state index contributed by atoms with van der Waals surface area (Å²) in [5, 5.41) is 6.14. The number of thiophene rings is 1. The highest BCUT2D eigenvalue weighted by molar-refractivity contribution is 7.07. The van der Waals surface area contributed by atoms with Crippen LogP contribution in [0.3, 0.4) is 0 Å². The number of likely N-dealkylation sites (N-methyl/N-ethyl adjacent to an activating group) is 1. The maximum Gasteiger partial charge on any atom is 0.325 e. The molecule has 1 saturated heterocycles. The van der Waals surface area contributed by atoms with Gasteiger partial charge in [-0.25, -0.2) is 13.6 Å². The maximum atomic E-state index is 14.1. The number of hydrogen-bond acceptors (Lipinski definition) is 4. The van der Waals surface area contributed by atoms with Crippen LogP contribution < -0.4 is 5.32 Å². The summed E-state index contributed by atoms with van der Waals surface area (Å²) in [6, 6.07) is 3.71. The van der Waals surface area contributed by atoms with Crippen molar-refractivity contribution in [1.82, 2.24) is 15.1 Å². The molecule has 1 aromatic carbocycles. The standard InChI is InChI=1S/C18H17F2N3O3S/c1-18(13-7-12(19)3-4-14(13)20)16(25)23(17(26)21-18)9-15(24)22(2)8-11-5-6-27-10-11/h3-7,10H,8-9H2,1-2H3,(H,21,26)/t18-/m1/s1. The first kappa shape index (κ1) is 19.0. The first-order chi connectivity index (χ1) is 12.7. The van der Waals surface area contributed by atoms with Gasteiger partial charge in [-0.3, -0.25) is 14.5 Å². The highest BCUT2D eigenvalue weighted by Crippen LogP contribution is 2.31. The van der Waals surface area contributed by atoms with E-state index in [0.717, 1.165) is 28.7 Å². The van der Waals surface area contributed by atoms with Crippen LogP contribution in [-0.2, 0) is 21.7 Å². The van der Waals surface area contributed by atoms with Crippen LogP contribution in [0.15, 0.2) is 35.0 Å². The molecule has 0 aliphatic carbocycles. The van der Waals surface area contributed by atoms with Crippen LogP contribution in [0.5, 0.6) is 0 Å². The summed E-state index contributed by atoms with van der Waals surface area (Å²) in [7, 11) is 1.56. The molecule has 1 aliphatic rings. The highest BCUT2D eigenvalue weighted by Gasteiger charge is 2.51. The van der Waals surface area contributed by atoms with E-state index in [1.54, 1.807) is 7.05 Å². The molecule has 0 saturated carbocycles. The molecule has 1 fully saturated rings. The Labute approximate surface area is 158 Å². The van der Waals surface area contributed by atoms with E-state index >= 15 is 0 Å². The minimum atomic E-state index is -1.78. The molecule has 142 valence electrons. The second kappa shape index (κ2) is 7.07. The predicted molar refractivity (Wildman–Crippen MR) is 94.7 cm³/mol. The lowest BCUT2D eigenvalue weighted by molar-refractivity contribution is -0.138. The lowest BCUT2D eigenvalue weighted by atomic mass is 9.91. The van der Waals surface area contributed by atoms with Gasteiger partial charge in [0.1, 0.15) is 23.7 Å². The van der Waals surface area contributed by atoms with Crippen LogP contribution >= 0.6 is 11.3 Å². The Morgan fingerprint density at radius 3 is 2.70 bits per heavy atom. The molecule has 9 heteroatoms. The maximum absolute atomic E-state index is 14.1. The second-order valence-corrected chi connectivity index (χ2v) is 7.23. The van der Waals surface area contributed by atoms with Crippen LogP contribution in [0.2, 0.25) is 0 Å². The minimum Gasteiger partial charge on any atom is -0.340 e. The summed E-state index contributed by atoms with van der Waals surface area (Å²) in [4.78, 5) is 39.5. The van der Waals surface area contributed by atoms with E-state index < -0.39 is 41.6 Å². The normalized spacial score (nSPS) is 19.3. The van der Waals surface area contributed by atoms with E-state index in [0.29, 0.717) is 6.54 Å². The van der Waals surface area contributed by atoms with E-state index in [4.69, 9.17) is 0 Å². The van der Waals surface area contributed by atoms with Gasteiger partial charge < -0.3 is 10.2 Å². The summed E-state index contributed by atoms with van der Waals surface area (Å²) in [5.41, 5.74) is -1.14. The van der Waals surface area contributed by atoms with E-state index in [-0.39, 0.29) is 5.56 Å². The lowest BCUT2D eigenvalue weighted by Gasteiger charge is -2.23. The zero-order chi connectivity index (χ0) is 19.8. The molecule has 0 unspecified atom stereocenters. The smallest absolute Gasteiger partial charge is 0.325 e. The molecule has 0 bridgehead atoms. The van der Waals surface area contributed by atoms with Gasteiger partial charge in [-0.1, -0.05) is 0 Å². The third-order valence-electron chi connectivity index (χ3n) is 4.46. The van der Waals surface area contributed by atoms with Gasteiger partial charge in [0.05, 0.1) is 0 Å². The highest BCUT2D eigenvalue weighted by atomic mass is 32.1. The molecule has 1 atom stereocenters. The van der Waals surface area contributed by atoms with E-state index in [9.17, 15) is 23.2 Å². The molecular weight excluding hydrogens is 376 g/mol. The van der Waals surface area contributed by atoms with Crippen molar-refractivity contribution in [3.8, 4) is 0 Å². The number of carbonyl (C=O) groups is 3. The number of hydrogen-bond donors (Lipinski definition) is 1. The molecule has 2 aromatic rings. The van der Waals surface area contributed by atoms with E-state index in [1.165, 1.54) is 23.2 Å². The monoisotopic (exact) mass is 393 g/mol. The Bertz CT molecular complexity index is 903. The summed E-state index contributed by atoms with van der Waals surface area (Å²) in [6.45, 7) is 1.13. The van der Waals surface area contributed by atoms with Crippen LogP contribution in [0.25, 0.3) is 0 Å². The van der Waals surface area contributed by atoms with E-state index in [1.807, 2.05) is 16.8 Å². The number of nitrogens with zero attached hydrogens (tertiary/aromatic N) is 2. The van der Waals surface area contributed by atoms with Crippen LogP contribution in [0.4, 0.5) is 13.6 Å². The SMILES string of the molecule is CN(Cc1ccsc1)C(=O)CN1C(=O)N[C@](C)(c2cc(F)ccc2F)C1=O. The van der Waals surface area contributed by atoms with Gasteiger partial charge in [-0.15, -0.1) is 0 Å². The zero-order valence-electron chi connectivity index (χ0n) is 14.7. The summed E-state index contributed by atoms with van der Waals surface area (Å²) in [5.74, 6) is -2.82. The molecule has 0 radical (unpaired) electrons. The molecule has 2 heterocycles. The Morgan fingerprint density at radius 1 is 1.30 bits per heavy atom. The third kappa shape index (κ3) is 3.55. The number of halogens is 2. The molecule has 27 heavy (non-hydrogen) atoms. The van der Waals surface area contributed by atoms with Gasteiger partial charge in [0.2, 0.25) is 5.91 Å². The fourth-order valence-electron chi connectivity index (χ4n) is 2.90. The predicted octanol–water partition coefficient (Wildman–Crippen LogP) is 2.45. The average molecular weight is 393 g/mol. The number of rotatable bonds is 5. The molecule has 3 rings (SSSR count). The zero-order valence-corrected chi connectivity index (χ0v) is 15.5. The van der Waals surface area contributed by atoms with Gasteiger partial charge in [0.15, 0.2) is 0 Å². The number of nitrogens with one attached hydrogen (secondary N) is 1. The lowest BCUT2D eigenvalue weighted by Crippen LogP contribution is -2.44. The topological polar surface area (TPSA) is 69.7 Å². The number of benzene rings is 1. The fraction of sp³-hybridized carbons (Fsp3) is 0.278. The van der Waals surface area contributed by atoms with Crippen molar-refractivity contribution >= 4 is 29.2 Å². The summed E-state index contributed by atoms with van der Waals surface area (Å²) in [6.07, 6.45) is 0. The average Bonchev–Trinajstić information content (AvgIpc) is 3.20. The van der Waals surface area contributed by atoms with Crippen LogP contribution in [0, 0.1) is 11.6 Å². The second-order valence-electron chi connectivity index (χ2n) is 6.45. The molecule has 1 aliphatic heterocycles. The van der Waals surface area contributed by atoms with Crippen molar-refractivity contribution in [1.29, 1.82) is 0 Å². The minimum absolute atomic E-state index is 0.289. The number of imide groups is 1. The molecule has 6 nitrogen and oxygen atoms in total. The molecular formula is C18H17F2N3O3S. The molecule has 1 N–H and O–H groups in total. The number of amides is 4. The Balaban J connectivity index is 1.77. The number of urea groups is 1. The summed E-state index contributed by atoms with van der Waals surface area (Å²) >= 11 is 1.49. The van der Waals surface area contributed by atoms with Crippen molar-refractivity contribution in [2.75, 3.05) is 13.6 Å². The number of carbonyl (C=O) groups excluding carboxylic acids is 3. The first-order valence-corrected chi connectivity index (χ1v) is 9.01. The molecule has 1 aromatic heterocycles. The Morgan fingerprint density at radius 2 is 2.04 bits per heavy atom. The van der Waals surface area contributed by atoms with Crippen LogP contribution in [0.1, 0.15) is 18.1 Å². The molecule has 4 amide bonds. The summed E-state index contributed by atoms with van der Waals surface area (Å²) < 4.78 is 27.7. The van der Waals surface area contributed by atoms with Crippen LogP contribution in [-0.4, -0.2) is 41.2 Å². The van der Waals surface area contributed by atoms with Gasteiger partial charge in [0.25, 0.3) is 5.91 Å². The fourth-order valence-corrected chi connectivity index (χ4v) is 3.56. The molecule has 0 spiro atoms. The third-order valence-corrected chi connectivity index (χ3v) is 5.19. The van der Waals surface area contributed by atoms with Gasteiger partial charge in [0, 0.05) is 19.2 Å². The van der Waals surface area contributed by atoms with Crippen molar-refractivity contribution < 1.29 is 23.2 Å². The van der Waals surface area contributed by atoms with Gasteiger partial charge in [-0.05, 0) is 47.5 Å². The quantitative estimate of drug-likeness (QED) is 0.794. The van der Waals surface area contributed by atoms with Crippen molar-refractivity contribution in [3.63, 3.8) is 0 Å².